The van der Waals surface area contributed by atoms with Crippen LogP contribution in [0.3, 0.4) is 0 Å². The van der Waals surface area contributed by atoms with E-state index in [-0.39, 0.29) is 18.3 Å². The first-order chi connectivity index (χ1) is 16.8. The zero-order valence-corrected chi connectivity index (χ0v) is 23.8. The van der Waals surface area contributed by atoms with Crippen molar-refractivity contribution in [1.29, 1.82) is 0 Å². The van der Waals surface area contributed by atoms with Gasteiger partial charge in [0.15, 0.2) is 18.0 Å². The van der Waals surface area contributed by atoms with Crippen molar-refractivity contribution >= 4 is 29.7 Å². The van der Waals surface area contributed by atoms with E-state index in [1.165, 1.54) is 6.92 Å². The van der Waals surface area contributed by atoms with Gasteiger partial charge in [-0.1, -0.05) is 48.0 Å². The molecule has 0 aliphatic carbocycles. The van der Waals surface area contributed by atoms with Crippen LogP contribution in [-0.4, -0.2) is 69.8 Å². The lowest BCUT2D eigenvalue weighted by molar-refractivity contribution is -0.169. The zero-order valence-electron chi connectivity index (χ0n) is 23.8. The summed E-state index contributed by atoms with van der Waals surface area (Å²) in [5.41, 5.74) is -0.795. The summed E-state index contributed by atoms with van der Waals surface area (Å²) in [7, 11) is 0. The van der Waals surface area contributed by atoms with Crippen LogP contribution in [0.2, 0.25) is 0 Å². The van der Waals surface area contributed by atoms with Crippen LogP contribution in [0.1, 0.15) is 82.1 Å². The first-order valence-electron chi connectivity index (χ1n) is 12.8. The number of ether oxygens (including phenoxy) is 2. The number of hydrogen-bond donors (Lipinski definition) is 4. The summed E-state index contributed by atoms with van der Waals surface area (Å²) < 4.78 is 10.6. The van der Waals surface area contributed by atoms with Crippen molar-refractivity contribution in [2.24, 2.45) is 23.7 Å². The third-order valence-corrected chi connectivity index (χ3v) is 5.79. The van der Waals surface area contributed by atoms with Crippen LogP contribution in [0.25, 0.3) is 0 Å². The molecule has 0 aromatic heterocycles. The van der Waals surface area contributed by atoms with E-state index < -0.39 is 71.5 Å². The molecule has 0 rings (SSSR count). The molecule has 0 aliphatic heterocycles. The summed E-state index contributed by atoms with van der Waals surface area (Å²) in [6.45, 7) is 16.7. The van der Waals surface area contributed by atoms with E-state index in [0.717, 1.165) is 0 Å². The molecule has 0 fully saturated rings. The molecule has 11 nitrogen and oxygen atoms in total. The van der Waals surface area contributed by atoms with E-state index in [1.807, 2.05) is 6.92 Å². The van der Waals surface area contributed by atoms with Gasteiger partial charge in [0, 0.05) is 0 Å². The number of carboxylic acids is 1. The quantitative estimate of drug-likeness (QED) is 0.195. The molecule has 0 aromatic rings. The molecule has 0 aromatic carbocycles. The maximum absolute atomic E-state index is 13.1. The number of esters is 1. The summed E-state index contributed by atoms with van der Waals surface area (Å²) in [6.07, 6.45) is -3.31. The maximum Gasteiger partial charge on any atom is 0.407 e. The first-order valence-corrected chi connectivity index (χ1v) is 12.8. The van der Waals surface area contributed by atoms with Gasteiger partial charge < -0.3 is 30.3 Å². The molecule has 0 unspecified atom stereocenters. The van der Waals surface area contributed by atoms with Crippen LogP contribution >= 0.6 is 0 Å². The number of aliphatic carboxylic acids is 1. The minimum atomic E-state index is -1.80. The number of nitrogens with one attached hydrogen (secondary N) is 2. The van der Waals surface area contributed by atoms with Gasteiger partial charge in [-0.3, -0.25) is 9.59 Å². The minimum Gasteiger partial charge on any atom is -0.480 e. The third-order valence-electron chi connectivity index (χ3n) is 5.79. The number of ketones is 1. The van der Waals surface area contributed by atoms with Gasteiger partial charge in [-0.15, -0.1) is 0 Å². The Kier molecular flexibility index (Phi) is 13.8. The summed E-state index contributed by atoms with van der Waals surface area (Å²) in [5.74, 6) is -6.10. The average molecular weight is 531 g/mol. The van der Waals surface area contributed by atoms with Gasteiger partial charge in [0.05, 0.1) is 12.0 Å². The van der Waals surface area contributed by atoms with Crippen molar-refractivity contribution in [3.8, 4) is 0 Å². The molecule has 0 heterocycles. The van der Waals surface area contributed by atoms with Crippen molar-refractivity contribution < 1.29 is 43.7 Å². The van der Waals surface area contributed by atoms with E-state index in [0.29, 0.717) is 6.42 Å². The highest BCUT2D eigenvalue weighted by molar-refractivity contribution is 6.04. The number of carbonyl (C=O) groups is 5. The molecule has 4 N–H and O–H groups in total. The molecule has 11 heteroatoms. The van der Waals surface area contributed by atoms with E-state index in [4.69, 9.17) is 9.47 Å². The Bertz CT molecular complexity index is 804. The summed E-state index contributed by atoms with van der Waals surface area (Å²) in [4.78, 5) is 62.4. The molecule has 0 aliphatic rings. The fourth-order valence-corrected chi connectivity index (χ4v) is 3.46. The lowest BCUT2D eigenvalue weighted by Gasteiger charge is -2.31. The van der Waals surface area contributed by atoms with E-state index in [1.54, 1.807) is 55.4 Å². The highest BCUT2D eigenvalue weighted by atomic mass is 16.6. The average Bonchev–Trinajstić information content (AvgIpc) is 2.76. The first kappa shape index (κ1) is 34.3. The standard InChI is InChI=1S/C26H46N2O9/c1-11-15(6)18(28-25(35)37-26(8,9)10)20(30)24(34)36-21(14(4)5)19(29)16(7)22(31)27-17(23(32)33)12-13(2)3/h13-18,20-21,30H,11-12H2,1-10H3,(H,27,31)(H,28,35)(H,32,33)/t15-,16+,17+,18-,20-,21+/m1/s1. The number of carbonyl (C=O) groups excluding carboxylic acids is 4. The lowest BCUT2D eigenvalue weighted by atomic mass is 9.92. The molecule has 214 valence electrons. The second kappa shape index (κ2) is 14.9. The predicted octanol–water partition coefficient (Wildman–Crippen LogP) is 2.68. The van der Waals surface area contributed by atoms with Gasteiger partial charge in [-0.25, -0.2) is 14.4 Å². The number of rotatable bonds is 14. The molecule has 0 spiro atoms. The fourth-order valence-electron chi connectivity index (χ4n) is 3.46. The summed E-state index contributed by atoms with van der Waals surface area (Å²) in [5, 5.41) is 25.0. The zero-order chi connectivity index (χ0) is 29.2. The van der Waals surface area contributed by atoms with E-state index in [2.05, 4.69) is 10.6 Å². The number of aliphatic hydroxyl groups excluding tert-OH is 1. The Morgan fingerprint density at radius 3 is 1.86 bits per heavy atom. The molecule has 0 radical (unpaired) electrons. The summed E-state index contributed by atoms with van der Waals surface area (Å²) >= 11 is 0. The topological polar surface area (TPSA) is 168 Å². The number of Topliss-reactive ketones (excluding diaryl/α,β-unsaturated/α-hetero) is 1. The van der Waals surface area contributed by atoms with Crippen LogP contribution in [0.5, 0.6) is 0 Å². The van der Waals surface area contributed by atoms with Gasteiger partial charge in [0.2, 0.25) is 5.91 Å². The monoisotopic (exact) mass is 530 g/mol. The van der Waals surface area contributed by atoms with Crippen LogP contribution in [-0.2, 0) is 28.7 Å². The van der Waals surface area contributed by atoms with Crippen molar-refractivity contribution in [3.05, 3.63) is 0 Å². The normalized spacial score (nSPS) is 16.7. The second-order valence-corrected chi connectivity index (χ2v) is 11.3. The van der Waals surface area contributed by atoms with Gasteiger partial charge in [0.1, 0.15) is 11.6 Å². The van der Waals surface area contributed by atoms with Crippen LogP contribution < -0.4 is 10.6 Å². The third kappa shape index (κ3) is 11.9. The predicted molar refractivity (Wildman–Crippen MR) is 137 cm³/mol. The van der Waals surface area contributed by atoms with Crippen LogP contribution in [0.15, 0.2) is 0 Å². The Morgan fingerprint density at radius 2 is 1.46 bits per heavy atom. The maximum atomic E-state index is 13.1. The molecule has 0 saturated heterocycles. The molecule has 2 amide bonds. The Hall–Kier alpha value is -2.69. The Balaban J connectivity index is 5.61. The van der Waals surface area contributed by atoms with Gasteiger partial charge >= 0.3 is 18.0 Å². The fraction of sp³-hybridized carbons (Fsp3) is 0.808. The summed E-state index contributed by atoms with van der Waals surface area (Å²) in [6, 6.07) is -2.22. The smallest absolute Gasteiger partial charge is 0.407 e. The van der Waals surface area contributed by atoms with E-state index >= 15 is 0 Å². The molecular weight excluding hydrogens is 484 g/mol. The van der Waals surface area contributed by atoms with Crippen LogP contribution in [0.4, 0.5) is 4.79 Å². The van der Waals surface area contributed by atoms with Crippen molar-refractivity contribution in [3.63, 3.8) is 0 Å². The molecule has 6 atom stereocenters. The molecule has 37 heavy (non-hydrogen) atoms. The molecule has 0 bridgehead atoms. The SMILES string of the molecule is CC[C@@H](C)[C@@H](NC(=O)OC(C)(C)C)[C@@H](O)C(=O)O[C@H](C(=O)[C@H](C)C(=O)N[C@@H](CC(C)C)C(=O)O)C(C)C. The molecule has 0 saturated carbocycles. The largest absolute Gasteiger partial charge is 0.480 e. The molecular formula is C26H46N2O9. The van der Waals surface area contributed by atoms with Crippen molar-refractivity contribution in [1.82, 2.24) is 10.6 Å². The minimum absolute atomic E-state index is 0.00832. The van der Waals surface area contributed by atoms with Gasteiger partial charge in [-0.05, 0) is 51.9 Å². The van der Waals surface area contributed by atoms with Gasteiger partial charge in [-0.2, -0.15) is 0 Å². The van der Waals surface area contributed by atoms with Crippen LogP contribution in [0, 0.1) is 23.7 Å². The number of amides is 2. The second-order valence-electron chi connectivity index (χ2n) is 11.3. The number of aliphatic hydroxyl groups is 1. The number of hydrogen-bond acceptors (Lipinski definition) is 8. The van der Waals surface area contributed by atoms with Crippen molar-refractivity contribution in [2.45, 2.75) is 112 Å². The van der Waals surface area contributed by atoms with Crippen molar-refractivity contribution in [2.75, 3.05) is 0 Å². The Labute approximate surface area is 220 Å². The highest BCUT2D eigenvalue weighted by Crippen LogP contribution is 2.19. The number of alkyl carbamates (subject to hydrolysis) is 1. The van der Waals surface area contributed by atoms with E-state index in [9.17, 15) is 34.2 Å². The van der Waals surface area contributed by atoms with Gasteiger partial charge in [0.25, 0.3) is 0 Å². The Morgan fingerprint density at radius 1 is 0.919 bits per heavy atom. The number of carboxylic acid groups (broad SMARTS) is 1. The highest BCUT2D eigenvalue weighted by Gasteiger charge is 2.39. The lowest BCUT2D eigenvalue weighted by Crippen LogP contribution is -2.53.